The van der Waals surface area contributed by atoms with Gasteiger partial charge in [-0.15, -0.1) is 0 Å². The fourth-order valence-electron chi connectivity index (χ4n) is 3.18. The van der Waals surface area contributed by atoms with E-state index in [2.05, 4.69) is 106 Å². The lowest BCUT2D eigenvalue weighted by Crippen LogP contribution is -2.30. The molecule has 22 heavy (non-hydrogen) atoms. The average Bonchev–Trinajstić information content (AvgIpc) is 2.86. The molecule has 0 fully saturated rings. The Morgan fingerprint density at radius 3 is 2.55 bits per heavy atom. The van der Waals surface area contributed by atoms with E-state index in [1.165, 1.54) is 36.8 Å². The highest BCUT2D eigenvalue weighted by Crippen LogP contribution is 2.31. The molecule has 3 heteroatoms. The number of benzene rings is 2. The van der Waals surface area contributed by atoms with Crippen LogP contribution >= 0.6 is 22.6 Å². The standard InChI is InChI=1S/C19H16IN2/c1-13-16(20)9-5-11-17(13)22-18-10-4-3-7-14(18)15-8-6-12-21(2)19(15)22/h3-12H,1-2H3/q+1. The van der Waals surface area contributed by atoms with Gasteiger partial charge in [-0.25, -0.2) is 4.57 Å². The van der Waals surface area contributed by atoms with Crippen molar-refractivity contribution in [1.82, 2.24) is 4.57 Å². The number of nitrogens with zero attached hydrogens (tertiary/aromatic N) is 2. The predicted molar refractivity (Wildman–Crippen MR) is 99.4 cm³/mol. The zero-order valence-corrected chi connectivity index (χ0v) is 14.7. The van der Waals surface area contributed by atoms with Gasteiger partial charge in [0.05, 0.1) is 18.6 Å². The Balaban J connectivity index is 2.27. The number of rotatable bonds is 1. The van der Waals surface area contributed by atoms with Crippen LogP contribution in [0.2, 0.25) is 0 Å². The zero-order chi connectivity index (χ0) is 15.3. The molecule has 0 aliphatic heterocycles. The summed E-state index contributed by atoms with van der Waals surface area (Å²) in [5.41, 5.74) is 5.05. The monoisotopic (exact) mass is 399 g/mol. The molecule has 0 spiro atoms. The van der Waals surface area contributed by atoms with Crippen molar-refractivity contribution in [3.63, 3.8) is 0 Å². The molecule has 0 aliphatic carbocycles. The fourth-order valence-corrected chi connectivity index (χ4v) is 3.67. The molecule has 108 valence electrons. The van der Waals surface area contributed by atoms with Crippen molar-refractivity contribution in [3.8, 4) is 5.69 Å². The molecule has 0 radical (unpaired) electrons. The highest BCUT2D eigenvalue weighted by atomic mass is 127. The van der Waals surface area contributed by atoms with Crippen molar-refractivity contribution < 1.29 is 4.57 Å². The predicted octanol–water partition coefficient (Wildman–Crippen LogP) is 4.52. The van der Waals surface area contributed by atoms with Crippen molar-refractivity contribution in [2.45, 2.75) is 6.92 Å². The summed E-state index contributed by atoms with van der Waals surface area (Å²) in [6.07, 6.45) is 2.11. The quantitative estimate of drug-likeness (QED) is 0.329. The molecule has 0 bridgehead atoms. The van der Waals surface area contributed by atoms with Crippen LogP contribution in [0.4, 0.5) is 0 Å². The first-order valence-electron chi connectivity index (χ1n) is 7.32. The highest BCUT2D eigenvalue weighted by Gasteiger charge is 2.22. The molecule has 0 unspecified atom stereocenters. The van der Waals surface area contributed by atoms with Crippen molar-refractivity contribution >= 4 is 44.5 Å². The number of hydrogen-bond donors (Lipinski definition) is 0. The van der Waals surface area contributed by atoms with E-state index < -0.39 is 0 Å². The molecule has 0 saturated heterocycles. The number of aryl methyl sites for hydroxylation is 1. The third-order valence-electron chi connectivity index (χ3n) is 4.27. The first kappa shape index (κ1) is 13.8. The summed E-state index contributed by atoms with van der Waals surface area (Å²) in [6, 6.07) is 19.4. The van der Waals surface area contributed by atoms with Crippen molar-refractivity contribution in [1.29, 1.82) is 0 Å². The van der Waals surface area contributed by atoms with E-state index in [1.807, 2.05) is 0 Å². The molecule has 0 atom stereocenters. The summed E-state index contributed by atoms with van der Waals surface area (Å²) in [4.78, 5) is 0. The van der Waals surface area contributed by atoms with E-state index in [1.54, 1.807) is 0 Å². The molecular formula is C19H16IN2+. The van der Waals surface area contributed by atoms with E-state index in [4.69, 9.17) is 0 Å². The SMILES string of the molecule is Cc1c(I)cccc1-n1c2ccccc2c2ccc[n+](C)c21. The van der Waals surface area contributed by atoms with Crippen LogP contribution in [-0.2, 0) is 7.05 Å². The second kappa shape index (κ2) is 5.09. The van der Waals surface area contributed by atoms with Gasteiger partial charge in [-0.05, 0) is 65.9 Å². The molecule has 4 rings (SSSR count). The number of fused-ring (bicyclic) bond motifs is 3. The Kier molecular flexibility index (Phi) is 3.18. The van der Waals surface area contributed by atoms with Gasteiger partial charge in [-0.2, -0.15) is 4.57 Å². The minimum atomic E-state index is 1.23. The largest absolute Gasteiger partial charge is 0.294 e. The molecule has 4 aromatic rings. The van der Waals surface area contributed by atoms with Crippen molar-refractivity contribution in [2.24, 2.45) is 7.05 Å². The van der Waals surface area contributed by atoms with E-state index >= 15 is 0 Å². The smallest absolute Gasteiger partial charge is 0.236 e. The van der Waals surface area contributed by atoms with Crippen molar-refractivity contribution in [3.05, 3.63) is 69.9 Å². The summed E-state index contributed by atoms with van der Waals surface area (Å²) >= 11 is 2.41. The Labute approximate surface area is 143 Å². The lowest BCUT2D eigenvalue weighted by molar-refractivity contribution is -0.647. The minimum absolute atomic E-state index is 1.23. The van der Waals surface area contributed by atoms with Crippen LogP contribution in [0.15, 0.2) is 60.8 Å². The number of pyridine rings is 1. The highest BCUT2D eigenvalue weighted by molar-refractivity contribution is 14.1. The third kappa shape index (κ3) is 1.88. The molecular weight excluding hydrogens is 383 g/mol. The van der Waals surface area contributed by atoms with Crippen molar-refractivity contribution in [2.75, 3.05) is 0 Å². The minimum Gasteiger partial charge on any atom is -0.236 e. The Morgan fingerprint density at radius 2 is 1.68 bits per heavy atom. The van der Waals surface area contributed by atoms with E-state index in [-0.39, 0.29) is 0 Å². The van der Waals surface area contributed by atoms with Gasteiger partial charge >= 0.3 is 0 Å². The van der Waals surface area contributed by atoms with Crippen LogP contribution in [0, 0.1) is 10.5 Å². The van der Waals surface area contributed by atoms with Crippen LogP contribution in [0.5, 0.6) is 0 Å². The van der Waals surface area contributed by atoms with Crippen LogP contribution in [0.3, 0.4) is 0 Å². The summed E-state index contributed by atoms with van der Waals surface area (Å²) in [5, 5.41) is 2.59. The van der Waals surface area contributed by atoms with E-state index in [0.717, 1.165) is 0 Å². The van der Waals surface area contributed by atoms with Gasteiger partial charge < -0.3 is 0 Å². The number of aromatic nitrogens is 2. The second-order valence-corrected chi connectivity index (χ2v) is 6.76. The maximum atomic E-state index is 2.41. The Bertz CT molecular complexity index is 1010. The fraction of sp³-hybridized carbons (Fsp3) is 0.105. The van der Waals surface area contributed by atoms with Crippen LogP contribution in [0.25, 0.3) is 27.6 Å². The molecule has 2 nitrogen and oxygen atoms in total. The van der Waals surface area contributed by atoms with Gasteiger partial charge in [-0.1, -0.05) is 18.2 Å². The van der Waals surface area contributed by atoms with Gasteiger partial charge in [0, 0.05) is 14.5 Å². The summed E-state index contributed by atoms with van der Waals surface area (Å²) in [6.45, 7) is 2.20. The third-order valence-corrected chi connectivity index (χ3v) is 5.44. The molecule has 0 aliphatic rings. The van der Waals surface area contributed by atoms with Gasteiger partial charge in [0.2, 0.25) is 0 Å². The van der Waals surface area contributed by atoms with Crippen LogP contribution in [0.1, 0.15) is 5.56 Å². The maximum absolute atomic E-state index is 2.41. The van der Waals surface area contributed by atoms with Crippen LogP contribution in [-0.4, -0.2) is 4.57 Å². The van der Waals surface area contributed by atoms with E-state index in [0.29, 0.717) is 0 Å². The summed E-state index contributed by atoms with van der Waals surface area (Å²) in [5.74, 6) is 0. The molecule has 0 saturated carbocycles. The normalized spacial score (nSPS) is 11.4. The maximum Gasteiger partial charge on any atom is 0.294 e. The molecule has 2 heterocycles. The first-order valence-corrected chi connectivity index (χ1v) is 8.39. The molecule has 0 N–H and O–H groups in total. The summed E-state index contributed by atoms with van der Waals surface area (Å²) < 4.78 is 5.87. The zero-order valence-electron chi connectivity index (χ0n) is 12.5. The van der Waals surface area contributed by atoms with Crippen LogP contribution < -0.4 is 4.57 Å². The first-order chi connectivity index (χ1) is 10.7. The van der Waals surface area contributed by atoms with Gasteiger partial charge in [0.25, 0.3) is 5.65 Å². The Morgan fingerprint density at radius 1 is 0.909 bits per heavy atom. The van der Waals surface area contributed by atoms with Gasteiger partial charge in [0.15, 0.2) is 0 Å². The molecule has 2 aromatic heterocycles. The van der Waals surface area contributed by atoms with Gasteiger partial charge in [-0.3, -0.25) is 0 Å². The average molecular weight is 399 g/mol. The lowest BCUT2D eigenvalue weighted by atomic mass is 10.2. The number of para-hydroxylation sites is 1. The second-order valence-electron chi connectivity index (χ2n) is 5.59. The van der Waals surface area contributed by atoms with E-state index in [9.17, 15) is 0 Å². The topological polar surface area (TPSA) is 8.81 Å². The Hall–Kier alpha value is -1.88. The molecule has 0 amide bonds. The number of halogens is 1. The lowest BCUT2D eigenvalue weighted by Gasteiger charge is -2.07. The summed E-state index contributed by atoms with van der Waals surface area (Å²) in [7, 11) is 2.11. The number of hydrogen-bond acceptors (Lipinski definition) is 0. The molecule has 2 aromatic carbocycles. The van der Waals surface area contributed by atoms with Gasteiger partial charge in [0.1, 0.15) is 11.2 Å².